The van der Waals surface area contributed by atoms with Gasteiger partial charge in [0, 0.05) is 12.6 Å². The van der Waals surface area contributed by atoms with Crippen LogP contribution < -0.4 is 10.00 Å². The molecule has 0 spiro atoms. The Kier molecular flexibility index (Phi) is 4.53. The maximum atomic E-state index is 11.4. The molecule has 8 heteroatoms. The van der Waals surface area contributed by atoms with Crippen LogP contribution in [0.1, 0.15) is 17.3 Å². The quantitative estimate of drug-likeness (QED) is 0.523. The van der Waals surface area contributed by atoms with Crippen molar-refractivity contribution in [2.75, 3.05) is 12.3 Å². The Bertz CT molecular complexity index is 483. The van der Waals surface area contributed by atoms with E-state index in [9.17, 15) is 13.2 Å². The maximum Gasteiger partial charge on any atom is 0.271 e. The third-order valence-electron chi connectivity index (χ3n) is 1.95. The smallest absolute Gasteiger partial charge is 0.271 e. The monoisotopic (exact) mass is 260 g/mol. The second-order valence-electron chi connectivity index (χ2n) is 3.32. The van der Waals surface area contributed by atoms with Crippen LogP contribution in [0.15, 0.2) is 18.5 Å². The number of nitrogens with zero attached hydrogens (tertiary/aromatic N) is 2. The van der Waals surface area contributed by atoms with Crippen molar-refractivity contribution in [3.05, 3.63) is 24.0 Å². The van der Waals surface area contributed by atoms with Crippen molar-refractivity contribution in [2.45, 2.75) is 13.5 Å². The molecule has 0 aliphatic heterocycles. The molecule has 1 amide bonds. The van der Waals surface area contributed by atoms with Gasteiger partial charge in [0.2, 0.25) is 0 Å². The number of carbonyl (C=O) groups excluding carboxylic acids is 1. The van der Waals surface area contributed by atoms with Gasteiger partial charge >= 0.3 is 0 Å². The molecule has 94 valence electrons. The molecule has 0 unspecified atom stereocenters. The molecular weight excluding hydrogens is 246 g/mol. The molecule has 0 fully saturated rings. The first-order chi connectivity index (χ1) is 7.92. The summed E-state index contributed by atoms with van der Waals surface area (Å²) >= 11 is 0. The van der Waals surface area contributed by atoms with Crippen molar-refractivity contribution in [3.8, 4) is 0 Å². The first-order valence-corrected chi connectivity index (χ1v) is 6.62. The lowest BCUT2D eigenvalue weighted by Crippen LogP contribution is -2.41. The number of carbonyl (C=O) groups is 1. The predicted molar refractivity (Wildman–Crippen MR) is 58.9 cm³/mol. The summed E-state index contributed by atoms with van der Waals surface area (Å²) in [6.45, 7) is 2.37. The summed E-state index contributed by atoms with van der Waals surface area (Å²) in [6, 6.07) is 1.53. The molecule has 1 heterocycles. The molecular formula is C9H14N3O4S+. The number of hydrogen-bond donors (Lipinski definition) is 2. The van der Waals surface area contributed by atoms with Gasteiger partial charge in [-0.15, -0.1) is 0 Å². The van der Waals surface area contributed by atoms with Gasteiger partial charge in [-0.1, -0.05) is 4.68 Å². The summed E-state index contributed by atoms with van der Waals surface area (Å²) in [4.78, 5) is 11.4. The number of rotatable bonds is 5. The van der Waals surface area contributed by atoms with E-state index in [1.54, 1.807) is 6.92 Å². The molecule has 0 aliphatic rings. The van der Waals surface area contributed by atoms with E-state index in [1.807, 2.05) is 0 Å². The van der Waals surface area contributed by atoms with E-state index in [2.05, 4.69) is 10.4 Å². The fourth-order valence-electron chi connectivity index (χ4n) is 1.12. The van der Waals surface area contributed by atoms with Crippen molar-refractivity contribution in [1.29, 1.82) is 0 Å². The van der Waals surface area contributed by atoms with Crippen LogP contribution >= 0.6 is 0 Å². The topological polar surface area (TPSA) is 100 Å². The lowest BCUT2D eigenvalue weighted by atomic mass is 10.3. The highest BCUT2D eigenvalue weighted by Gasteiger charge is 2.12. The SMILES string of the molecule is CCNC(=O)c1cc[n+](CCS(=O)(=O)O)nc1. The maximum absolute atomic E-state index is 11.4. The summed E-state index contributed by atoms with van der Waals surface area (Å²) in [5, 5.41) is 6.48. The fourth-order valence-corrected chi connectivity index (χ4v) is 1.54. The molecule has 0 radical (unpaired) electrons. The van der Waals surface area contributed by atoms with Crippen molar-refractivity contribution in [1.82, 2.24) is 10.4 Å². The van der Waals surface area contributed by atoms with Crippen LogP contribution in [0.5, 0.6) is 0 Å². The summed E-state index contributed by atoms with van der Waals surface area (Å²) < 4.78 is 30.9. The van der Waals surface area contributed by atoms with Gasteiger partial charge < -0.3 is 5.32 Å². The normalized spacial score (nSPS) is 11.2. The van der Waals surface area contributed by atoms with Gasteiger partial charge in [-0.2, -0.15) is 8.42 Å². The van der Waals surface area contributed by atoms with Crippen LogP contribution in [0, 0.1) is 0 Å². The first kappa shape index (κ1) is 13.5. The molecule has 2 N–H and O–H groups in total. The van der Waals surface area contributed by atoms with Crippen LogP contribution in [-0.2, 0) is 16.7 Å². The minimum absolute atomic E-state index is 0.0362. The molecule has 0 saturated heterocycles. The predicted octanol–water partition coefficient (Wildman–Crippen LogP) is -0.993. The van der Waals surface area contributed by atoms with Crippen molar-refractivity contribution in [2.24, 2.45) is 0 Å². The lowest BCUT2D eigenvalue weighted by Gasteiger charge is -1.99. The minimum Gasteiger partial charge on any atom is -0.352 e. The van der Waals surface area contributed by atoms with Crippen LogP contribution in [0.2, 0.25) is 0 Å². The average Bonchev–Trinajstić information content (AvgIpc) is 2.26. The molecule has 1 aromatic rings. The Morgan fingerprint density at radius 3 is 2.76 bits per heavy atom. The second kappa shape index (κ2) is 5.69. The van der Waals surface area contributed by atoms with Gasteiger partial charge in [0.15, 0.2) is 12.7 Å². The number of hydrogen-bond acceptors (Lipinski definition) is 4. The van der Waals surface area contributed by atoms with E-state index in [0.29, 0.717) is 12.1 Å². The van der Waals surface area contributed by atoms with E-state index < -0.39 is 15.9 Å². The fraction of sp³-hybridized carbons (Fsp3) is 0.444. The van der Waals surface area contributed by atoms with Crippen LogP contribution in [0.3, 0.4) is 0 Å². The van der Waals surface area contributed by atoms with Crippen molar-refractivity contribution < 1.29 is 22.4 Å². The van der Waals surface area contributed by atoms with Gasteiger partial charge in [0.1, 0.15) is 11.9 Å². The molecule has 1 rings (SSSR count). The molecule has 0 atom stereocenters. The second-order valence-corrected chi connectivity index (χ2v) is 4.90. The standard InChI is InChI=1S/C9H13N3O4S/c1-2-10-9(13)8-3-4-12(11-7-8)5-6-17(14,15)16/h3-4,7H,2,5-6H2,1H3,(H-,10,13,14,15,16)/p+1. The van der Waals surface area contributed by atoms with Crippen molar-refractivity contribution in [3.63, 3.8) is 0 Å². The summed E-state index contributed by atoms with van der Waals surface area (Å²) in [6.07, 6.45) is 2.82. The van der Waals surface area contributed by atoms with E-state index >= 15 is 0 Å². The largest absolute Gasteiger partial charge is 0.352 e. The van der Waals surface area contributed by atoms with E-state index in [1.165, 1.54) is 23.1 Å². The Hall–Kier alpha value is -1.54. The number of amides is 1. The average molecular weight is 260 g/mol. The summed E-state index contributed by atoms with van der Waals surface area (Å²) in [5.74, 6) is -0.646. The highest BCUT2D eigenvalue weighted by atomic mass is 32.2. The van der Waals surface area contributed by atoms with Gasteiger partial charge in [0.05, 0.1) is 5.56 Å². The zero-order valence-corrected chi connectivity index (χ0v) is 10.1. The summed E-state index contributed by atoms with van der Waals surface area (Å²) in [5.41, 5.74) is 0.398. The summed E-state index contributed by atoms with van der Waals surface area (Å²) in [7, 11) is -4.00. The van der Waals surface area contributed by atoms with Gasteiger partial charge in [-0.05, 0) is 12.0 Å². The number of nitrogens with one attached hydrogen (secondary N) is 1. The highest BCUT2D eigenvalue weighted by Crippen LogP contribution is 1.92. The van der Waals surface area contributed by atoms with Crippen LogP contribution in [0.25, 0.3) is 0 Å². The molecule has 7 nitrogen and oxygen atoms in total. The van der Waals surface area contributed by atoms with E-state index in [4.69, 9.17) is 4.55 Å². The van der Waals surface area contributed by atoms with Gasteiger partial charge in [-0.25, -0.2) is 0 Å². The molecule has 0 aromatic carbocycles. The Labute approximate surface area is 99.2 Å². The Morgan fingerprint density at radius 2 is 2.29 bits per heavy atom. The molecule has 1 aromatic heterocycles. The number of aromatic nitrogens is 2. The Balaban J connectivity index is 2.65. The minimum atomic E-state index is -4.00. The van der Waals surface area contributed by atoms with E-state index in [0.717, 1.165) is 0 Å². The first-order valence-electron chi connectivity index (χ1n) is 5.01. The van der Waals surface area contributed by atoms with Crippen LogP contribution in [0.4, 0.5) is 0 Å². The van der Waals surface area contributed by atoms with Crippen molar-refractivity contribution >= 4 is 16.0 Å². The molecule has 17 heavy (non-hydrogen) atoms. The van der Waals surface area contributed by atoms with E-state index in [-0.39, 0.29) is 12.5 Å². The van der Waals surface area contributed by atoms with Gasteiger partial charge in [-0.3, -0.25) is 9.35 Å². The van der Waals surface area contributed by atoms with Gasteiger partial charge in [0.25, 0.3) is 16.0 Å². The highest BCUT2D eigenvalue weighted by molar-refractivity contribution is 7.85. The Morgan fingerprint density at radius 1 is 1.59 bits per heavy atom. The third kappa shape index (κ3) is 4.87. The number of aryl methyl sites for hydroxylation is 1. The molecule has 0 aliphatic carbocycles. The zero-order chi connectivity index (χ0) is 12.9. The molecule has 0 saturated carbocycles. The lowest BCUT2D eigenvalue weighted by molar-refractivity contribution is -0.750. The van der Waals surface area contributed by atoms with Crippen LogP contribution in [-0.4, -0.2) is 36.3 Å². The third-order valence-corrected chi connectivity index (χ3v) is 2.65. The zero-order valence-electron chi connectivity index (χ0n) is 9.33. The molecule has 0 bridgehead atoms.